The highest BCUT2D eigenvalue weighted by atomic mass is 16.5. The van der Waals surface area contributed by atoms with Crippen LogP contribution in [0, 0.1) is 0 Å². The second-order valence-corrected chi connectivity index (χ2v) is 9.98. The van der Waals surface area contributed by atoms with Crippen LogP contribution in [0.4, 0.5) is 11.8 Å². The molecule has 0 radical (unpaired) electrons. The highest BCUT2D eigenvalue weighted by Gasteiger charge is 2.21. The molecule has 0 bridgehead atoms. The van der Waals surface area contributed by atoms with Crippen molar-refractivity contribution in [3.05, 3.63) is 54.1 Å². The number of aromatic nitrogens is 2. The summed E-state index contributed by atoms with van der Waals surface area (Å²) >= 11 is 0. The maximum Gasteiger partial charge on any atom is 0.243 e. The van der Waals surface area contributed by atoms with E-state index in [9.17, 15) is 9.59 Å². The molecule has 0 spiro atoms. The average Bonchev–Trinajstić information content (AvgIpc) is 2.98. The van der Waals surface area contributed by atoms with Gasteiger partial charge in [-0.3, -0.25) is 19.7 Å². The number of hydrogen-bond acceptors (Lipinski definition) is 9. The Bertz CT molecular complexity index is 1250. The summed E-state index contributed by atoms with van der Waals surface area (Å²) < 4.78 is 5.41. The SMILES string of the molecule is COc1ccc2c(NC3CCN(Cc4ccccc4)CC3)nc(NCCNC(=O)CCCCC(=O)NO)nc2c1. The van der Waals surface area contributed by atoms with Crippen molar-refractivity contribution in [2.75, 3.05) is 43.9 Å². The van der Waals surface area contributed by atoms with Gasteiger partial charge in [-0.05, 0) is 43.4 Å². The Morgan fingerprint density at radius 2 is 1.75 bits per heavy atom. The number of carbonyl (C=O) groups excluding carboxylic acids is 2. The van der Waals surface area contributed by atoms with Gasteiger partial charge in [-0.15, -0.1) is 0 Å². The highest BCUT2D eigenvalue weighted by molar-refractivity contribution is 5.91. The number of benzene rings is 2. The summed E-state index contributed by atoms with van der Waals surface area (Å²) in [5.41, 5.74) is 3.70. The monoisotopic (exact) mass is 549 g/mol. The van der Waals surface area contributed by atoms with Crippen LogP contribution in [0.25, 0.3) is 10.9 Å². The van der Waals surface area contributed by atoms with E-state index in [4.69, 9.17) is 14.9 Å². The van der Waals surface area contributed by atoms with E-state index in [2.05, 4.69) is 50.1 Å². The van der Waals surface area contributed by atoms with Crippen LogP contribution in [0.1, 0.15) is 44.1 Å². The average molecular weight is 550 g/mol. The molecule has 1 aliphatic heterocycles. The lowest BCUT2D eigenvalue weighted by Gasteiger charge is -2.32. The summed E-state index contributed by atoms with van der Waals surface area (Å²) in [7, 11) is 1.63. The molecule has 1 fully saturated rings. The van der Waals surface area contributed by atoms with Crippen molar-refractivity contribution in [2.24, 2.45) is 0 Å². The fourth-order valence-corrected chi connectivity index (χ4v) is 4.79. The summed E-state index contributed by atoms with van der Waals surface area (Å²) in [4.78, 5) is 35.0. The first-order valence-electron chi connectivity index (χ1n) is 13.9. The third-order valence-electron chi connectivity index (χ3n) is 6.99. The number of likely N-dealkylation sites (tertiary alicyclic amines) is 1. The first-order valence-corrected chi connectivity index (χ1v) is 13.9. The van der Waals surface area contributed by atoms with Crippen molar-refractivity contribution in [3.8, 4) is 5.75 Å². The number of amides is 2. The molecule has 1 aliphatic rings. The van der Waals surface area contributed by atoms with Crippen molar-refractivity contribution in [3.63, 3.8) is 0 Å². The van der Waals surface area contributed by atoms with Crippen LogP contribution in [0.2, 0.25) is 0 Å². The molecule has 11 nitrogen and oxygen atoms in total. The fourth-order valence-electron chi connectivity index (χ4n) is 4.79. The number of rotatable bonds is 14. The molecule has 0 atom stereocenters. The summed E-state index contributed by atoms with van der Waals surface area (Å²) in [5, 5.41) is 19.2. The number of methoxy groups -OCH3 is 1. The predicted molar refractivity (Wildman–Crippen MR) is 154 cm³/mol. The van der Waals surface area contributed by atoms with Gasteiger partial charge in [0.25, 0.3) is 0 Å². The van der Waals surface area contributed by atoms with E-state index in [1.165, 1.54) is 5.56 Å². The van der Waals surface area contributed by atoms with Gasteiger partial charge in [0, 0.05) is 63.1 Å². The van der Waals surface area contributed by atoms with Crippen LogP contribution < -0.4 is 26.2 Å². The summed E-state index contributed by atoms with van der Waals surface area (Å²) in [5.74, 6) is 1.46. The molecule has 2 aromatic carbocycles. The van der Waals surface area contributed by atoms with Gasteiger partial charge < -0.3 is 20.7 Å². The maximum absolute atomic E-state index is 12.1. The number of unbranched alkanes of at least 4 members (excludes halogenated alkanes) is 1. The van der Waals surface area contributed by atoms with E-state index in [1.807, 2.05) is 24.3 Å². The Kier molecular flexibility index (Phi) is 10.9. The van der Waals surface area contributed by atoms with Gasteiger partial charge in [-0.25, -0.2) is 10.5 Å². The number of hydroxylamine groups is 1. The van der Waals surface area contributed by atoms with Gasteiger partial charge in [-0.2, -0.15) is 4.98 Å². The number of fused-ring (bicyclic) bond motifs is 1. The molecule has 11 heteroatoms. The van der Waals surface area contributed by atoms with Crippen molar-refractivity contribution >= 4 is 34.5 Å². The number of ether oxygens (including phenoxy) is 1. The Balaban J connectivity index is 1.30. The molecule has 0 saturated carbocycles. The van der Waals surface area contributed by atoms with Crippen molar-refractivity contribution < 1.29 is 19.5 Å². The molecule has 3 aromatic rings. The minimum atomic E-state index is -0.444. The van der Waals surface area contributed by atoms with Gasteiger partial charge in [0.1, 0.15) is 11.6 Å². The quantitative estimate of drug-likeness (QED) is 0.116. The van der Waals surface area contributed by atoms with E-state index < -0.39 is 5.91 Å². The Labute approximate surface area is 234 Å². The Morgan fingerprint density at radius 3 is 2.48 bits per heavy atom. The van der Waals surface area contributed by atoms with Crippen LogP contribution in [-0.2, 0) is 16.1 Å². The standard InChI is InChI=1S/C29H39N7O4/c1-40-23-11-12-24-25(19-23)33-29(31-16-15-30-26(37)9-5-6-10-27(38)35-39)34-28(24)32-22-13-17-36(18-14-22)20-21-7-3-2-4-8-21/h2-4,7-8,11-12,19,22,39H,5-6,9-10,13-18,20H2,1H3,(H,30,37)(H,35,38)(H2,31,32,33,34). The van der Waals surface area contributed by atoms with Gasteiger partial charge in [0.05, 0.1) is 12.6 Å². The number of hydrogen-bond donors (Lipinski definition) is 5. The third-order valence-corrected chi connectivity index (χ3v) is 6.99. The maximum atomic E-state index is 12.1. The van der Waals surface area contributed by atoms with E-state index in [1.54, 1.807) is 12.6 Å². The highest BCUT2D eigenvalue weighted by Crippen LogP contribution is 2.28. The number of nitrogens with one attached hydrogen (secondary N) is 4. The smallest absolute Gasteiger partial charge is 0.243 e. The number of piperidine rings is 1. The summed E-state index contributed by atoms with van der Waals surface area (Å²) in [6.45, 7) is 3.88. The van der Waals surface area contributed by atoms with Gasteiger partial charge in [0.15, 0.2) is 0 Å². The molecular formula is C29H39N7O4. The predicted octanol–water partition coefficient (Wildman–Crippen LogP) is 3.31. The van der Waals surface area contributed by atoms with Crippen LogP contribution in [0.5, 0.6) is 5.75 Å². The van der Waals surface area contributed by atoms with Crippen LogP contribution in [0.15, 0.2) is 48.5 Å². The van der Waals surface area contributed by atoms with Gasteiger partial charge in [0.2, 0.25) is 17.8 Å². The lowest BCUT2D eigenvalue weighted by Crippen LogP contribution is -2.38. The van der Waals surface area contributed by atoms with Crippen LogP contribution in [0.3, 0.4) is 0 Å². The molecular weight excluding hydrogens is 510 g/mol. The summed E-state index contributed by atoms with van der Waals surface area (Å²) in [6.07, 6.45) is 3.67. The molecule has 2 amide bonds. The lowest BCUT2D eigenvalue weighted by molar-refractivity contribution is -0.129. The molecule has 0 aliphatic carbocycles. The van der Waals surface area contributed by atoms with E-state index >= 15 is 0 Å². The first-order chi connectivity index (χ1) is 19.5. The zero-order valence-corrected chi connectivity index (χ0v) is 23.0. The zero-order valence-electron chi connectivity index (χ0n) is 23.0. The largest absolute Gasteiger partial charge is 0.497 e. The van der Waals surface area contributed by atoms with Crippen molar-refractivity contribution in [1.82, 2.24) is 25.7 Å². The van der Waals surface area contributed by atoms with Crippen LogP contribution in [-0.4, -0.2) is 71.2 Å². The second kappa shape index (κ2) is 15.0. The lowest BCUT2D eigenvalue weighted by atomic mass is 10.0. The molecule has 5 N–H and O–H groups in total. The number of carbonyl (C=O) groups is 2. The molecule has 0 unspecified atom stereocenters. The van der Waals surface area contributed by atoms with Gasteiger partial charge in [-0.1, -0.05) is 30.3 Å². The molecule has 2 heterocycles. The molecule has 214 valence electrons. The minimum absolute atomic E-state index is 0.0867. The normalized spacial score (nSPS) is 14.1. The second-order valence-electron chi connectivity index (χ2n) is 9.98. The molecule has 40 heavy (non-hydrogen) atoms. The molecule has 4 rings (SSSR count). The van der Waals surface area contributed by atoms with E-state index in [0.29, 0.717) is 44.3 Å². The third kappa shape index (κ3) is 8.78. The minimum Gasteiger partial charge on any atom is -0.497 e. The van der Waals surface area contributed by atoms with E-state index in [-0.39, 0.29) is 12.3 Å². The van der Waals surface area contributed by atoms with Crippen molar-refractivity contribution in [2.45, 2.75) is 51.1 Å². The van der Waals surface area contributed by atoms with Gasteiger partial charge >= 0.3 is 0 Å². The number of anilines is 2. The van der Waals surface area contributed by atoms with Crippen molar-refractivity contribution in [1.29, 1.82) is 0 Å². The number of nitrogens with zero attached hydrogens (tertiary/aromatic N) is 3. The topological polar surface area (TPSA) is 141 Å². The van der Waals surface area contributed by atoms with Crippen LogP contribution >= 0.6 is 0 Å². The summed E-state index contributed by atoms with van der Waals surface area (Å²) in [6, 6.07) is 16.7. The van der Waals surface area contributed by atoms with E-state index in [0.717, 1.165) is 54.9 Å². The fraction of sp³-hybridized carbons (Fsp3) is 0.448. The Hall–Kier alpha value is -3.96. The molecule has 1 aromatic heterocycles. The zero-order chi connectivity index (χ0) is 28.2. The Morgan fingerprint density at radius 1 is 1.00 bits per heavy atom. The first kappa shape index (κ1) is 29.0. The molecule has 1 saturated heterocycles.